The number of ether oxygens (including phenoxy) is 4. The van der Waals surface area contributed by atoms with Crippen molar-refractivity contribution in [1.82, 2.24) is 14.6 Å². The monoisotopic (exact) mass is 423 g/mol. The largest absolute Gasteiger partial charge is 0.493 e. The minimum Gasteiger partial charge on any atom is -0.493 e. The molecule has 152 valence electrons. The van der Waals surface area contributed by atoms with E-state index < -0.39 is 6.10 Å². The molecule has 1 unspecified atom stereocenters. The summed E-state index contributed by atoms with van der Waals surface area (Å²) in [6.07, 6.45) is 1.27. The van der Waals surface area contributed by atoms with Crippen LogP contribution >= 0.6 is 11.3 Å². The van der Waals surface area contributed by atoms with Crippen LogP contribution in [0, 0.1) is 0 Å². The number of hydrogen-bond donors (Lipinski definition) is 0. The molecule has 1 atom stereocenters. The Morgan fingerprint density at radius 1 is 1.10 bits per heavy atom. The van der Waals surface area contributed by atoms with Gasteiger partial charge in [-0.2, -0.15) is 0 Å². The van der Waals surface area contributed by atoms with Crippen molar-refractivity contribution in [3.05, 3.63) is 68.7 Å². The number of hydrogen-bond acceptors (Lipinski definition) is 8. The lowest BCUT2D eigenvalue weighted by Gasteiger charge is -2.24. The Morgan fingerprint density at radius 2 is 1.90 bits per heavy atom. The van der Waals surface area contributed by atoms with Crippen molar-refractivity contribution in [2.24, 2.45) is 0 Å². The van der Waals surface area contributed by atoms with Gasteiger partial charge in [0.25, 0.3) is 5.56 Å². The van der Waals surface area contributed by atoms with Crippen molar-refractivity contribution in [3.63, 3.8) is 0 Å². The van der Waals surface area contributed by atoms with Crippen molar-refractivity contribution in [1.29, 1.82) is 0 Å². The minimum atomic E-state index is -0.522. The van der Waals surface area contributed by atoms with Gasteiger partial charge in [-0.15, -0.1) is 10.2 Å². The fourth-order valence-corrected chi connectivity index (χ4v) is 4.25. The van der Waals surface area contributed by atoms with Gasteiger partial charge in [0.2, 0.25) is 4.96 Å². The standard InChI is InChI=1S/C21H17N3O5S/c1-26-13-8-7-12(9-16(13)27-2)10-18-20(25)24-19(22-23-21(24)30-18)17-11-28-14-5-3-4-6-15(14)29-17/h3-10,17H,11H2,1-2H3/b18-10-. The lowest BCUT2D eigenvalue weighted by atomic mass is 10.2. The topological polar surface area (TPSA) is 84.2 Å². The van der Waals surface area contributed by atoms with E-state index in [-0.39, 0.29) is 12.2 Å². The Bertz CT molecular complexity index is 1350. The van der Waals surface area contributed by atoms with Crippen LogP contribution in [-0.2, 0) is 0 Å². The normalized spacial score (nSPS) is 16.1. The molecule has 0 bridgehead atoms. The highest BCUT2D eigenvalue weighted by atomic mass is 32.1. The number of benzene rings is 2. The number of fused-ring (bicyclic) bond motifs is 2. The molecule has 5 rings (SSSR count). The number of aromatic nitrogens is 3. The molecule has 0 aliphatic carbocycles. The number of thiazole rings is 1. The summed E-state index contributed by atoms with van der Waals surface area (Å²) < 4.78 is 24.4. The molecule has 4 aromatic rings. The zero-order chi connectivity index (χ0) is 20.7. The first-order chi connectivity index (χ1) is 14.7. The molecule has 30 heavy (non-hydrogen) atoms. The Labute approximate surface area is 174 Å². The molecule has 0 radical (unpaired) electrons. The SMILES string of the molecule is COc1ccc(/C=c2\sc3nnc(C4COc5ccccc5O4)n3c2=O)cc1OC. The summed E-state index contributed by atoms with van der Waals surface area (Å²) in [5, 5.41) is 8.34. The van der Waals surface area contributed by atoms with Crippen molar-refractivity contribution < 1.29 is 18.9 Å². The maximum absolute atomic E-state index is 13.1. The molecule has 3 heterocycles. The molecule has 0 N–H and O–H groups in total. The third-order valence-corrected chi connectivity index (χ3v) is 5.73. The number of rotatable bonds is 4. The summed E-state index contributed by atoms with van der Waals surface area (Å²) >= 11 is 1.27. The van der Waals surface area contributed by atoms with Gasteiger partial charge < -0.3 is 18.9 Å². The molecule has 8 nitrogen and oxygen atoms in total. The Balaban J connectivity index is 1.55. The van der Waals surface area contributed by atoms with E-state index in [1.165, 1.54) is 15.7 Å². The molecule has 0 saturated heterocycles. The maximum atomic E-state index is 13.1. The quantitative estimate of drug-likeness (QED) is 0.498. The molecule has 0 fully saturated rings. The van der Waals surface area contributed by atoms with Crippen molar-refractivity contribution >= 4 is 22.4 Å². The van der Waals surface area contributed by atoms with Crippen LogP contribution in [0.25, 0.3) is 11.0 Å². The smallest absolute Gasteiger partial charge is 0.276 e. The Kier molecular flexibility index (Phi) is 4.51. The molecular formula is C21H17N3O5S. The lowest BCUT2D eigenvalue weighted by Crippen LogP contribution is -2.29. The van der Waals surface area contributed by atoms with Crippen LogP contribution in [-0.4, -0.2) is 35.4 Å². The van der Waals surface area contributed by atoms with E-state index in [0.717, 1.165) is 5.56 Å². The second-order valence-corrected chi connectivity index (χ2v) is 7.58. The van der Waals surface area contributed by atoms with Crippen molar-refractivity contribution in [3.8, 4) is 23.0 Å². The van der Waals surface area contributed by atoms with Crippen LogP contribution in [0.2, 0.25) is 0 Å². The van der Waals surface area contributed by atoms with E-state index in [1.54, 1.807) is 26.4 Å². The van der Waals surface area contributed by atoms with Crippen LogP contribution in [0.3, 0.4) is 0 Å². The molecule has 9 heteroatoms. The summed E-state index contributed by atoms with van der Waals surface area (Å²) in [7, 11) is 3.15. The van der Waals surface area contributed by atoms with Gasteiger partial charge in [0.1, 0.15) is 6.61 Å². The molecule has 0 saturated carbocycles. The summed E-state index contributed by atoms with van der Waals surface area (Å²) in [6.45, 7) is 0.252. The Morgan fingerprint density at radius 3 is 2.70 bits per heavy atom. The summed E-state index contributed by atoms with van der Waals surface area (Å²) in [5.41, 5.74) is 0.613. The average Bonchev–Trinajstić information content (AvgIpc) is 3.33. The maximum Gasteiger partial charge on any atom is 0.276 e. The van der Waals surface area contributed by atoms with Crippen LogP contribution < -0.4 is 29.0 Å². The average molecular weight is 423 g/mol. The predicted octanol–water partition coefficient (Wildman–Crippen LogP) is 2.23. The molecule has 0 spiro atoms. The van der Waals surface area contributed by atoms with E-state index in [4.69, 9.17) is 18.9 Å². The zero-order valence-electron chi connectivity index (χ0n) is 16.2. The summed E-state index contributed by atoms with van der Waals surface area (Å²) in [4.78, 5) is 13.6. The van der Waals surface area contributed by atoms with Gasteiger partial charge in [0, 0.05) is 0 Å². The molecular weight excluding hydrogens is 406 g/mol. The molecule has 1 aliphatic rings. The first-order valence-electron chi connectivity index (χ1n) is 9.18. The fraction of sp³-hybridized carbons (Fsp3) is 0.190. The highest BCUT2D eigenvalue weighted by Crippen LogP contribution is 2.35. The molecule has 2 aromatic heterocycles. The minimum absolute atomic E-state index is 0.202. The first kappa shape index (κ1) is 18.4. The van der Waals surface area contributed by atoms with Gasteiger partial charge in [-0.05, 0) is 35.9 Å². The third kappa shape index (κ3) is 3.03. The lowest BCUT2D eigenvalue weighted by molar-refractivity contribution is 0.0842. The predicted molar refractivity (Wildman–Crippen MR) is 111 cm³/mol. The van der Waals surface area contributed by atoms with Crippen LogP contribution in [0.4, 0.5) is 0 Å². The van der Waals surface area contributed by atoms with E-state index in [1.807, 2.05) is 36.4 Å². The fourth-order valence-electron chi connectivity index (χ4n) is 3.33. The van der Waals surface area contributed by atoms with E-state index in [0.29, 0.717) is 38.3 Å². The summed E-state index contributed by atoms with van der Waals surface area (Å²) in [6, 6.07) is 12.9. The van der Waals surface area contributed by atoms with E-state index in [2.05, 4.69) is 10.2 Å². The molecule has 0 amide bonds. The van der Waals surface area contributed by atoms with E-state index in [9.17, 15) is 4.79 Å². The highest BCUT2D eigenvalue weighted by molar-refractivity contribution is 7.15. The van der Waals surface area contributed by atoms with E-state index >= 15 is 0 Å². The van der Waals surface area contributed by atoms with Gasteiger partial charge >= 0.3 is 0 Å². The number of methoxy groups -OCH3 is 2. The van der Waals surface area contributed by atoms with Gasteiger partial charge in [-0.3, -0.25) is 4.79 Å². The second kappa shape index (κ2) is 7.34. The van der Waals surface area contributed by atoms with Crippen LogP contribution in [0.15, 0.2) is 47.3 Å². The highest BCUT2D eigenvalue weighted by Gasteiger charge is 2.28. The third-order valence-electron chi connectivity index (χ3n) is 4.78. The second-order valence-electron chi connectivity index (χ2n) is 6.57. The van der Waals surface area contributed by atoms with Crippen molar-refractivity contribution in [2.75, 3.05) is 20.8 Å². The molecule has 1 aliphatic heterocycles. The number of para-hydroxylation sites is 2. The van der Waals surface area contributed by atoms with Gasteiger partial charge in [0.05, 0.1) is 18.8 Å². The Hall–Kier alpha value is -3.59. The summed E-state index contributed by atoms with van der Waals surface area (Å²) in [5.74, 6) is 2.93. The first-order valence-corrected chi connectivity index (χ1v) is 9.99. The van der Waals surface area contributed by atoms with Gasteiger partial charge in [0.15, 0.2) is 34.9 Å². The van der Waals surface area contributed by atoms with Gasteiger partial charge in [-0.25, -0.2) is 4.40 Å². The van der Waals surface area contributed by atoms with Crippen LogP contribution in [0.5, 0.6) is 23.0 Å². The van der Waals surface area contributed by atoms with Crippen LogP contribution in [0.1, 0.15) is 17.5 Å². The zero-order valence-corrected chi connectivity index (χ0v) is 17.0. The molecule has 2 aromatic carbocycles. The van der Waals surface area contributed by atoms with Crippen molar-refractivity contribution in [2.45, 2.75) is 6.10 Å². The number of nitrogens with zero attached hydrogens (tertiary/aromatic N) is 3. The van der Waals surface area contributed by atoms with Gasteiger partial charge in [-0.1, -0.05) is 29.5 Å².